The maximum atomic E-state index is 13.4. The number of para-hydroxylation sites is 2. The number of anilines is 2. The maximum Gasteiger partial charge on any atom is 0.326 e. The van der Waals surface area contributed by atoms with Crippen LogP contribution in [0.25, 0.3) is 0 Å². The van der Waals surface area contributed by atoms with E-state index in [9.17, 15) is 24.3 Å². The van der Waals surface area contributed by atoms with Crippen LogP contribution in [0.5, 0.6) is 0 Å². The zero-order valence-corrected chi connectivity index (χ0v) is 19.9. The van der Waals surface area contributed by atoms with Crippen molar-refractivity contribution >= 4 is 47.0 Å². The summed E-state index contributed by atoms with van der Waals surface area (Å²) < 4.78 is 0. The number of hydrogen-bond acceptors (Lipinski definition) is 5. The highest BCUT2D eigenvalue weighted by atomic mass is 32.2. The van der Waals surface area contributed by atoms with E-state index < -0.39 is 36.0 Å². The van der Waals surface area contributed by atoms with Crippen LogP contribution in [0.4, 0.5) is 16.2 Å². The molecule has 3 atom stereocenters. The third-order valence-corrected chi connectivity index (χ3v) is 5.92. The fraction of sp³-hybridized carbons (Fsp3) is 0.545. The van der Waals surface area contributed by atoms with Crippen molar-refractivity contribution in [3.05, 3.63) is 24.3 Å². The first kappa shape index (κ1) is 25.5. The molecule has 0 fully saturated rings. The lowest BCUT2D eigenvalue weighted by Crippen LogP contribution is -2.61. The van der Waals surface area contributed by atoms with Crippen molar-refractivity contribution in [1.29, 1.82) is 0 Å². The molecule has 0 aromatic heterocycles. The van der Waals surface area contributed by atoms with Crippen molar-refractivity contribution in [3.8, 4) is 0 Å². The van der Waals surface area contributed by atoms with Gasteiger partial charge < -0.3 is 21.1 Å². The largest absolute Gasteiger partial charge is 0.480 e. The topological polar surface area (TPSA) is 128 Å². The number of fused-ring (bicyclic) bond motifs is 1. The Bertz CT molecular complexity index is 860. The lowest BCUT2D eigenvalue weighted by molar-refractivity contribution is -0.142. The van der Waals surface area contributed by atoms with Gasteiger partial charge in [0, 0.05) is 0 Å². The summed E-state index contributed by atoms with van der Waals surface area (Å²) in [7, 11) is 0. The van der Waals surface area contributed by atoms with Gasteiger partial charge in [-0.2, -0.15) is 11.8 Å². The number of aliphatic carboxylic acids is 1. The van der Waals surface area contributed by atoms with E-state index in [1.165, 1.54) is 16.7 Å². The van der Waals surface area contributed by atoms with E-state index in [0.29, 0.717) is 17.1 Å². The number of nitrogens with zero attached hydrogens (tertiary/aromatic N) is 1. The number of carboxylic acids is 1. The minimum atomic E-state index is -1.12. The Morgan fingerprint density at radius 2 is 1.81 bits per heavy atom. The number of hydrogen-bond donors (Lipinski definition) is 4. The van der Waals surface area contributed by atoms with E-state index in [-0.39, 0.29) is 24.2 Å². The highest BCUT2D eigenvalue weighted by Gasteiger charge is 2.40. The zero-order valence-electron chi connectivity index (χ0n) is 19.0. The van der Waals surface area contributed by atoms with Gasteiger partial charge in [-0.1, -0.05) is 39.8 Å². The van der Waals surface area contributed by atoms with Crippen LogP contribution in [0.3, 0.4) is 0 Å². The Morgan fingerprint density at radius 3 is 2.38 bits per heavy atom. The number of carbonyl (C=O) groups is 4. The predicted molar refractivity (Wildman–Crippen MR) is 126 cm³/mol. The highest BCUT2D eigenvalue weighted by Crippen LogP contribution is 2.34. The molecule has 0 unspecified atom stereocenters. The van der Waals surface area contributed by atoms with Gasteiger partial charge in [0.2, 0.25) is 11.8 Å². The number of nitrogens with one attached hydrogen (secondary N) is 3. The Morgan fingerprint density at radius 1 is 1.16 bits per heavy atom. The third-order valence-electron chi connectivity index (χ3n) is 5.27. The van der Waals surface area contributed by atoms with E-state index in [1.807, 2.05) is 20.1 Å². The average Bonchev–Trinajstić information content (AvgIpc) is 2.72. The number of carbonyl (C=O) groups excluding carboxylic acids is 3. The number of thioether (sulfide) groups is 1. The summed E-state index contributed by atoms with van der Waals surface area (Å²) >= 11 is 1.49. The van der Waals surface area contributed by atoms with Gasteiger partial charge in [-0.25, -0.2) is 9.59 Å². The highest BCUT2D eigenvalue weighted by molar-refractivity contribution is 7.98. The van der Waals surface area contributed by atoms with Gasteiger partial charge in [-0.3, -0.25) is 14.5 Å². The summed E-state index contributed by atoms with van der Waals surface area (Å²) in [6.07, 6.45) is 2.13. The van der Waals surface area contributed by atoms with E-state index in [0.717, 1.165) is 0 Å². The molecule has 0 saturated heterocycles. The average molecular weight is 465 g/mol. The standard InChI is InChI=1S/C22H32N4O5S/c1-12(2)17(19(27)24-15(21(29)30)10-11-32-5)25-22(31)26-16-9-7-6-8-14(16)23-20(28)18(26)13(3)4/h6-9,12-13,15,17-18H,10-11H2,1-5H3,(H,23,28)(H,24,27)(H,25,31)(H,29,30)/t15-,17-,18+/m0/s1. The molecule has 0 bridgehead atoms. The van der Waals surface area contributed by atoms with Gasteiger partial charge in [0.25, 0.3) is 0 Å². The van der Waals surface area contributed by atoms with Crippen molar-refractivity contribution in [2.24, 2.45) is 11.8 Å². The molecule has 10 heteroatoms. The van der Waals surface area contributed by atoms with Crippen molar-refractivity contribution in [2.45, 2.75) is 52.2 Å². The maximum absolute atomic E-state index is 13.4. The molecule has 1 heterocycles. The summed E-state index contributed by atoms with van der Waals surface area (Å²) in [5.74, 6) is -1.90. The lowest BCUT2D eigenvalue weighted by atomic mass is 9.97. The molecule has 1 aliphatic heterocycles. The van der Waals surface area contributed by atoms with E-state index in [4.69, 9.17) is 0 Å². The van der Waals surface area contributed by atoms with Gasteiger partial charge >= 0.3 is 12.0 Å². The molecule has 4 N–H and O–H groups in total. The fourth-order valence-electron chi connectivity index (χ4n) is 3.59. The van der Waals surface area contributed by atoms with Crippen LogP contribution in [0.1, 0.15) is 34.1 Å². The molecule has 0 radical (unpaired) electrons. The molecule has 32 heavy (non-hydrogen) atoms. The molecule has 0 saturated carbocycles. The van der Waals surface area contributed by atoms with Crippen LogP contribution >= 0.6 is 11.8 Å². The smallest absolute Gasteiger partial charge is 0.326 e. The minimum absolute atomic E-state index is 0.177. The molecule has 1 aliphatic rings. The summed E-state index contributed by atoms with van der Waals surface area (Å²) in [5, 5.41) is 17.5. The Balaban J connectivity index is 2.28. The monoisotopic (exact) mass is 464 g/mol. The molecule has 1 aromatic carbocycles. The first-order valence-corrected chi connectivity index (χ1v) is 12.0. The van der Waals surface area contributed by atoms with Gasteiger partial charge in [-0.15, -0.1) is 0 Å². The van der Waals surface area contributed by atoms with Crippen molar-refractivity contribution in [2.75, 3.05) is 22.2 Å². The number of carboxylic acid groups (broad SMARTS) is 1. The van der Waals surface area contributed by atoms with Crippen LogP contribution in [0.2, 0.25) is 0 Å². The normalized spacial score (nSPS) is 17.4. The zero-order chi connectivity index (χ0) is 24.0. The van der Waals surface area contributed by atoms with Crippen LogP contribution < -0.4 is 20.9 Å². The van der Waals surface area contributed by atoms with Crippen molar-refractivity contribution in [3.63, 3.8) is 0 Å². The third kappa shape index (κ3) is 5.93. The number of benzene rings is 1. The van der Waals surface area contributed by atoms with Crippen LogP contribution in [0.15, 0.2) is 24.3 Å². The van der Waals surface area contributed by atoms with Crippen molar-refractivity contribution < 1.29 is 24.3 Å². The van der Waals surface area contributed by atoms with Gasteiger partial charge in [0.15, 0.2) is 0 Å². The summed E-state index contributed by atoms with van der Waals surface area (Å²) in [5.41, 5.74) is 1.05. The molecule has 1 aromatic rings. The first-order chi connectivity index (χ1) is 15.1. The molecule has 0 aliphatic carbocycles. The number of amides is 4. The molecular formula is C22H32N4O5S. The molecule has 0 spiro atoms. The quantitative estimate of drug-likeness (QED) is 0.445. The van der Waals surface area contributed by atoms with Crippen LogP contribution in [0, 0.1) is 11.8 Å². The van der Waals surface area contributed by atoms with E-state index in [1.54, 1.807) is 38.1 Å². The SMILES string of the molecule is CSCC[C@H](NC(=O)[C@@H](NC(=O)N1c2ccccc2NC(=O)[C@H]1C(C)C)C(C)C)C(=O)O. The Kier molecular flexibility index (Phi) is 8.94. The Hall–Kier alpha value is -2.75. The second kappa shape index (κ2) is 11.2. The number of rotatable bonds is 9. The first-order valence-electron chi connectivity index (χ1n) is 10.6. The Labute approximate surface area is 192 Å². The van der Waals surface area contributed by atoms with Crippen molar-refractivity contribution in [1.82, 2.24) is 10.6 Å². The van der Waals surface area contributed by atoms with E-state index in [2.05, 4.69) is 16.0 Å². The van der Waals surface area contributed by atoms with Gasteiger partial charge in [0.05, 0.1) is 11.4 Å². The van der Waals surface area contributed by atoms with Gasteiger partial charge in [-0.05, 0) is 42.4 Å². The van der Waals surface area contributed by atoms with E-state index >= 15 is 0 Å². The minimum Gasteiger partial charge on any atom is -0.480 e. The predicted octanol–water partition coefficient (Wildman–Crippen LogP) is 2.53. The second-order valence-corrected chi connectivity index (χ2v) is 9.40. The summed E-state index contributed by atoms with van der Waals surface area (Å²) in [6, 6.07) is 3.61. The number of urea groups is 1. The van der Waals surface area contributed by atoms with Crippen LogP contribution in [-0.2, 0) is 14.4 Å². The molecule has 2 rings (SSSR count). The van der Waals surface area contributed by atoms with Crippen LogP contribution in [-0.4, -0.2) is 59.1 Å². The molecule has 4 amide bonds. The second-order valence-electron chi connectivity index (χ2n) is 8.42. The molecular weight excluding hydrogens is 432 g/mol. The summed E-state index contributed by atoms with van der Waals surface area (Å²) in [6.45, 7) is 7.21. The summed E-state index contributed by atoms with van der Waals surface area (Å²) in [4.78, 5) is 51.9. The molecule has 9 nitrogen and oxygen atoms in total. The lowest BCUT2D eigenvalue weighted by Gasteiger charge is -2.39. The van der Waals surface area contributed by atoms with Gasteiger partial charge in [0.1, 0.15) is 18.1 Å². The molecule has 176 valence electrons. The fourth-order valence-corrected chi connectivity index (χ4v) is 4.06.